The van der Waals surface area contributed by atoms with Gasteiger partial charge in [-0.3, -0.25) is 0 Å². The fourth-order valence-corrected chi connectivity index (χ4v) is 3.84. The Morgan fingerprint density at radius 3 is 2.00 bits per heavy atom. The summed E-state index contributed by atoms with van der Waals surface area (Å²) in [5.74, 6) is 2.11. The van der Waals surface area contributed by atoms with Crippen LogP contribution in [-0.2, 0) is 0 Å². The lowest BCUT2D eigenvalue weighted by Crippen LogP contribution is -2.10. The number of unbranched alkanes of at least 4 members (excludes halogenated alkanes) is 9. The van der Waals surface area contributed by atoms with E-state index in [0.29, 0.717) is 6.42 Å². The van der Waals surface area contributed by atoms with Crippen molar-refractivity contribution in [2.24, 2.45) is 11.8 Å². The highest BCUT2D eigenvalue weighted by Gasteiger charge is 2.34. The highest BCUT2D eigenvalue weighted by Crippen LogP contribution is 2.45. The summed E-state index contributed by atoms with van der Waals surface area (Å²) in [6.45, 7) is 2.17. The summed E-state index contributed by atoms with van der Waals surface area (Å²) in [5.41, 5.74) is 0. The second-order valence-corrected chi connectivity index (χ2v) is 8.19. The first-order valence-corrected chi connectivity index (χ1v) is 11.2. The van der Waals surface area contributed by atoms with Crippen LogP contribution in [0.2, 0.25) is 0 Å². The zero-order valence-electron chi connectivity index (χ0n) is 16.8. The number of aliphatic hydroxyl groups excluding tert-OH is 2. The van der Waals surface area contributed by atoms with E-state index in [1.54, 1.807) is 0 Å². The minimum atomic E-state index is -0.544. The highest BCUT2D eigenvalue weighted by molar-refractivity contribution is 4.86. The van der Waals surface area contributed by atoms with Crippen LogP contribution in [0.3, 0.4) is 0 Å². The van der Waals surface area contributed by atoms with Gasteiger partial charge in [-0.2, -0.15) is 0 Å². The van der Waals surface area contributed by atoms with E-state index >= 15 is 0 Å². The Balaban J connectivity index is 1.79. The first-order chi connectivity index (χ1) is 12.3. The molecule has 2 heteroatoms. The van der Waals surface area contributed by atoms with Gasteiger partial charge in [-0.05, 0) is 43.9 Å². The van der Waals surface area contributed by atoms with Crippen molar-refractivity contribution in [2.45, 2.75) is 116 Å². The van der Waals surface area contributed by atoms with Crippen molar-refractivity contribution >= 4 is 0 Å². The summed E-state index contributed by atoms with van der Waals surface area (Å²) in [5, 5.41) is 18.0. The smallest absolute Gasteiger partial charge is 0.0773 e. The Kier molecular flexibility index (Phi) is 14.4. The molecule has 0 aromatic carbocycles. The first-order valence-electron chi connectivity index (χ1n) is 11.2. The molecule has 1 saturated carbocycles. The molecule has 0 radical (unpaired) electrons. The number of allylic oxidation sites excluding steroid dienone is 2. The van der Waals surface area contributed by atoms with Gasteiger partial charge in [-0.15, -0.1) is 0 Å². The number of hydrogen-bond acceptors (Lipinski definition) is 2. The molecule has 0 bridgehead atoms. The van der Waals surface area contributed by atoms with Gasteiger partial charge in [-0.1, -0.05) is 89.7 Å². The van der Waals surface area contributed by atoms with Gasteiger partial charge in [0.05, 0.1) is 12.7 Å². The summed E-state index contributed by atoms with van der Waals surface area (Å²) in [7, 11) is 0. The second kappa shape index (κ2) is 15.9. The Hall–Kier alpha value is -0.340. The standard InChI is InChI=1S/C23H44O2/c1-2-3-4-5-6-7-10-13-16-21-19-22(21)17-14-11-8-9-12-15-18-23(25)20-24/h9,12,21-25H,2-8,10-11,13-20H2,1H3/b12-9-/t21-,22+,23+/m0/s1. The summed E-state index contributed by atoms with van der Waals surface area (Å²) in [4.78, 5) is 0. The third kappa shape index (κ3) is 13.5. The van der Waals surface area contributed by atoms with Gasteiger partial charge in [0.25, 0.3) is 0 Å². The van der Waals surface area contributed by atoms with Gasteiger partial charge in [-0.25, -0.2) is 0 Å². The number of aliphatic hydroxyl groups is 2. The van der Waals surface area contributed by atoms with Gasteiger partial charge in [0, 0.05) is 0 Å². The quantitative estimate of drug-likeness (QED) is 0.221. The fraction of sp³-hybridized carbons (Fsp3) is 0.913. The Morgan fingerprint density at radius 2 is 1.36 bits per heavy atom. The van der Waals surface area contributed by atoms with Gasteiger partial charge in [0.2, 0.25) is 0 Å². The average Bonchev–Trinajstić information content (AvgIpc) is 3.37. The van der Waals surface area contributed by atoms with Crippen LogP contribution in [-0.4, -0.2) is 22.9 Å². The van der Waals surface area contributed by atoms with Crippen LogP contribution < -0.4 is 0 Å². The largest absolute Gasteiger partial charge is 0.394 e. The molecule has 0 aromatic rings. The molecule has 1 aliphatic rings. The second-order valence-electron chi connectivity index (χ2n) is 8.19. The fourth-order valence-electron chi connectivity index (χ4n) is 3.84. The number of rotatable bonds is 18. The zero-order valence-corrected chi connectivity index (χ0v) is 16.8. The Morgan fingerprint density at radius 1 is 0.800 bits per heavy atom. The number of hydrogen-bond donors (Lipinski definition) is 2. The summed E-state index contributed by atoms with van der Waals surface area (Å²) >= 11 is 0. The molecule has 0 unspecified atom stereocenters. The highest BCUT2D eigenvalue weighted by atomic mass is 16.3. The Labute approximate surface area is 157 Å². The van der Waals surface area contributed by atoms with Crippen molar-refractivity contribution in [1.29, 1.82) is 0 Å². The van der Waals surface area contributed by atoms with Crippen LogP contribution in [0.4, 0.5) is 0 Å². The van der Waals surface area contributed by atoms with E-state index in [0.717, 1.165) is 18.3 Å². The maximum Gasteiger partial charge on any atom is 0.0773 e. The van der Waals surface area contributed by atoms with E-state index in [1.165, 1.54) is 89.9 Å². The third-order valence-corrected chi connectivity index (χ3v) is 5.74. The van der Waals surface area contributed by atoms with Gasteiger partial charge < -0.3 is 10.2 Å². The Bertz CT molecular complexity index is 313. The molecule has 2 N–H and O–H groups in total. The van der Waals surface area contributed by atoms with Crippen LogP contribution in [0, 0.1) is 11.8 Å². The van der Waals surface area contributed by atoms with Crippen molar-refractivity contribution in [2.75, 3.05) is 6.61 Å². The van der Waals surface area contributed by atoms with Crippen molar-refractivity contribution in [3.63, 3.8) is 0 Å². The molecule has 3 atom stereocenters. The van der Waals surface area contributed by atoms with E-state index in [4.69, 9.17) is 5.11 Å². The minimum Gasteiger partial charge on any atom is -0.394 e. The van der Waals surface area contributed by atoms with E-state index < -0.39 is 6.10 Å². The molecular formula is C23H44O2. The lowest BCUT2D eigenvalue weighted by Gasteiger charge is -2.03. The van der Waals surface area contributed by atoms with Gasteiger partial charge in [0.1, 0.15) is 0 Å². The van der Waals surface area contributed by atoms with Crippen molar-refractivity contribution in [3.8, 4) is 0 Å². The van der Waals surface area contributed by atoms with E-state index in [2.05, 4.69) is 19.1 Å². The molecule has 0 amide bonds. The van der Waals surface area contributed by atoms with Crippen LogP contribution in [0.25, 0.3) is 0 Å². The zero-order chi connectivity index (χ0) is 18.2. The SMILES string of the molecule is CCCCCCCCCC[C@H]1C[C@H]1CCCC/C=C\CC[C@@H](O)CO. The lowest BCUT2D eigenvalue weighted by atomic mass is 10.0. The van der Waals surface area contributed by atoms with Gasteiger partial charge in [0.15, 0.2) is 0 Å². The van der Waals surface area contributed by atoms with Crippen molar-refractivity contribution < 1.29 is 10.2 Å². The van der Waals surface area contributed by atoms with Crippen LogP contribution in [0.15, 0.2) is 12.2 Å². The topological polar surface area (TPSA) is 40.5 Å². The molecule has 1 rings (SSSR count). The summed E-state index contributed by atoms with van der Waals surface area (Å²) < 4.78 is 0. The monoisotopic (exact) mass is 352 g/mol. The van der Waals surface area contributed by atoms with Crippen molar-refractivity contribution in [1.82, 2.24) is 0 Å². The molecule has 0 aliphatic heterocycles. The van der Waals surface area contributed by atoms with Crippen LogP contribution >= 0.6 is 0 Å². The van der Waals surface area contributed by atoms with E-state index in [-0.39, 0.29) is 6.61 Å². The minimum absolute atomic E-state index is 0.116. The normalized spacial score (nSPS) is 21.1. The molecular weight excluding hydrogens is 308 g/mol. The molecule has 1 aliphatic carbocycles. The molecule has 0 saturated heterocycles. The van der Waals surface area contributed by atoms with Crippen molar-refractivity contribution in [3.05, 3.63) is 12.2 Å². The molecule has 148 valence electrons. The molecule has 2 nitrogen and oxygen atoms in total. The summed E-state index contributed by atoms with van der Waals surface area (Å²) in [6, 6.07) is 0. The predicted molar refractivity (Wildman–Crippen MR) is 109 cm³/mol. The maximum absolute atomic E-state index is 9.24. The molecule has 0 spiro atoms. The predicted octanol–water partition coefficient (Wildman–Crippen LogP) is 6.40. The lowest BCUT2D eigenvalue weighted by molar-refractivity contribution is 0.0891. The van der Waals surface area contributed by atoms with Crippen LogP contribution in [0.1, 0.15) is 110 Å². The average molecular weight is 353 g/mol. The molecule has 0 aromatic heterocycles. The molecule has 1 fully saturated rings. The van der Waals surface area contributed by atoms with E-state index in [1.807, 2.05) is 0 Å². The van der Waals surface area contributed by atoms with Gasteiger partial charge >= 0.3 is 0 Å². The first kappa shape index (κ1) is 22.7. The maximum atomic E-state index is 9.24. The third-order valence-electron chi connectivity index (χ3n) is 5.74. The van der Waals surface area contributed by atoms with E-state index in [9.17, 15) is 5.11 Å². The van der Waals surface area contributed by atoms with Crippen LogP contribution in [0.5, 0.6) is 0 Å². The molecule has 0 heterocycles. The summed E-state index contributed by atoms with van der Waals surface area (Å²) in [6.07, 6.45) is 25.2. The molecule has 25 heavy (non-hydrogen) atoms.